The fraction of sp³-hybridized carbons (Fsp3) is 0.0556. The molecule has 142 valence electrons. The summed E-state index contributed by atoms with van der Waals surface area (Å²) >= 11 is 8.43. The van der Waals surface area contributed by atoms with Crippen molar-refractivity contribution in [3.63, 3.8) is 0 Å². The highest BCUT2D eigenvalue weighted by Crippen LogP contribution is 2.23. The Morgan fingerprint density at radius 3 is 2.57 bits per heavy atom. The van der Waals surface area contributed by atoms with E-state index in [1.54, 1.807) is 35.1 Å². The maximum absolute atomic E-state index is 12.3. The normalized spacial score (nSPS) is 10.3. The predicted octanol–water partition coefficient (Wildman–Crippen LogP) is 3.73. The smallest absolute Gasteiger partial charge is 0.292 e. The third kappa shape index (κ3) is 4.99. The van der Waals surface area contributed by atoms with Crippen LogP contribution in [0.4, 0.5) is 11.4 Å². The molecule has 3 aromatic rings. The van der Waals surface area contributed by atoms with E-state index in [0.717, 1.165) is 10.0 Å². The lowest BCUT2D eigenvalue weighted by Gasteiger charge is -2.10. The van der Waals surface area contributed by atoms with Gasteiger partial charge in [0.25, 0.3) is 11.6 Å². The molecule has 8 nitrogen and oxygen atoms in total. The average molecular weight is 460 g/mol. The van der Waals surface area contributed by atoms with Gasteiger partial charge >= 0.3 is 0 Å². The third-order valence-electron chi connectivity index (χ3n) is 3.74. The van der Waals surface area contributed by atoms with Crippen molar-refractivity contribution in [2.24, 2.45) is 0 Å². The Morgan fingerprint density at radius 1 is 1.21 bits per heavy atom. The second-order valence-electron chi connectivity index (χ2n) is 5.74. The average Bonchev–Trinajstić information content (AvgIpc) is 3.07. The van der Waals surface area contributed by atoms with Gasteiger partial charge in [-0.1, -0.05) is 24.3 Å². The number of benzene rings is 2. The number of para-hydroxylation sites is 2. The highest BCUT2D eigenvalue weighted by atomic mass is 79.9. The van der Waals surface area contributed by atoms with Crippen LogP contribution in [0.15, 0.2) is 65.4 Å². The van der Waals surface area contributed by atoms with Gasteiger partial charge < -0.3 is 5.32 Å². The minimum absolute atomic E-state index is 0.0234. The number of hydrogen-bond acceptors (Lipinski definition) is 5. The van der Waals surface area contributed by atoms with Crippen LogP contribution in [0.25, 0.3) is 0 Å². The van der Waals surface area contributed by atoms with Crippen LogP contribution in [0.3, 0.4) is 0 Å². The monoisotopic (exact) mass is 459 g/mol. The zero-order valence-electron chi connectivity index (χ0n) is 14.3. The Kier molecular flexibility index (Phi) is 6.12. The summed E-state index contributed by atoms with van der Waals surface area (Å²) in [5.41, 5.74) is 1.47. The van der Waals surface area contributed by atoms with Gasteiger partial charge in [-0.25, -0.2) is 0 Å². The molecule has 0 aliphatic carbocycles. The van der Waals surface area contributed by atoms with E-state index < -0.39 is 10.8 Å². The molecule has 1 aromatic heterocycles. The standard InChI is InChI=1S/C18H14BrN5O3S/c19-14-9-20-23(11-14)10-12-5-7-13(8-6-12)17(25)22-18(28)21-15-3-1-2-4-16(15)24(26)27/h1-9,11H,10H2,(H2,21,22,25,28). The van der Waals surface area contributed by atoms with Crippen LogP contribution >= 0.6 is 28.1 Å². The molecule has 10 heteroatoms. The number of nitrogens with zero attached hydrogens (tertiary/aromatic N) is 3. The molecule has 2 N–H and O–H groups in total. The van der Waals surface area contributed by atoms with Crippen molar-refractivity contribution in [1.82, 2.24) is 15.1 Å². The molecule has 1 amide bonds. The van der Waals surface area contributed by atoms with Crippen LogP contribution in [-0.4, -0.2) is 25.7 Å². The Hall–Kier alpha value is -3.11. The van der Waals surface area contributed by atoms with Gasteiger partial charge in [0, 0.05) is 17.8 Å². The minimum Gasteiger partial charge on any atom is -0.327 e. The van der Waals surface area contributed by atoms with Crippen molar-refractivity contribution < 1.29 is 9.72 Å². The molecule has 0 spiro atoms. The molecule has 0 aliphatic heterocycles. The molecule has 1 heterocycles. The molecule has 0 saturated carbocycles. The number of thiocarbonyl (C=S) groups is 1. The van der Waals surface area contributed by atoms with Crippen LogP contribution in [0, 0.1) is 10.1 Å². The van der Waals surface area contributed by atoms with Crippen LogP contribution in [-0.2, 0) is 6.54 Å². The third-order valence-corrected chi connectivity index (χ3v) is 4.35. The lowest BCUT2D eigenvalue weighted by molar-refractivity contribution is -0.383. The van der Waals surface area contributed by atoms with Crippen LogP contribution in [0.1, 0.15) is 15.9 Å². The molecule has 2 aromatic carbocycles. The van der Waals surface area contributed by atoms with E-state index in [0.29, 0.717) is 12.1 Å². The van der Waals surface area contributed by atoms with Gasteiger partial charge in [-0.2, -0.15) is 5.10 Å². The highest BCUT2D eigenvalue weighted by molar-refractivity contribution is 9.10. The molecule has 28 heavy (non-hydrogen) atoms. The lowest BCUT2D eigenvalue weighted by Crippen LogP contribution is -2.34. The van der Waals surface area contributed by atoms with Crippen molar-refractivity contribution in [2.75, 3.05) is 5.32 Å². The van der Waals surface area contributed by atoms with Gasteiger partial charge in [-0.3, -0.25) is 24.9 Å². The zero-order valence-corrected chi connectivity index (χ0v) is 16.7. The first-order valence-electron chi connectivity index (χ1n) is 8.05. The molecule has 0 unspecified atom stereocenters. The van der Waals surface area contributed by atoms with Crippen LogP contribution < -0.4 is 10.6 Å². The summed E-state index contributed by atoms with van der Waals surface area (Å²) in [6, 6.07) is 13.0. The summed E-state index contributed by atoms with van der Waals surface area (Å²) in [5, 5.41) is 20.4. The van der Waals surface area contributed by atoms with Gasteiger partial charge in [0.2, 0.25) is 0 Å². The minimum atomic E-state index is -0.524. The fourth-order valence-corrected chi connectivity index (χ4v) is 2.97. The topological polar surface area (TPSA) is 102 Å². The number of rotatable bonds is 5. The Morgan fingerprint density at radius 2 is 1.93 bits per heavy atom. The molecule has 3 rings (SSSR count). The number of amides is 1. The maximum atomic E-state index is 12.3. The van der Waals surface area contributed by atoms with Gasteiger partial charge in [0.05, 0.1) is 22.1 Å². The fourth-order valence-electron chi connectivity index (χ4n) is 2.44. The summed E-state index contributed by atoms with van der Waals surface area (Å²) in [6.45, 7) is 0.575. The molecular formula is C18H14BrN5O3S. The number of carbonyl (C=O) groups excluding carboxylic acids is 1. The van der Waals surface area contributed by atoms with E-state index in [4.69, 9.17) is 12.2 Å². The Balaban J connectivity index is 1.61. The van der Waals surface area contributed by atoms with E-state index in [2.05, 4.69) is 31.7 Å². The van der Waals surface area contributed by atoms with Crippen LogP contribution in [0.5, 0.6) is 0 Å². The number of aromatic nitrogens is 2. The number of anilines is 1. The number of hydrogen-bond donors (Lipinski definition) is 2. The van der Waals surface area contributed by atoms with E-state index in [1.807, 2.05) is 18.3 Å². The molecule has 0 fully saturated rings. The number of carbonyl (C=O) groups is 1. The number of nitro groups is 1. The lowest BCUT2D eigenvalue weighted by atomic mass is 10.1. The highest BCUT2D eigenvalue weighted by Gasteiger charge is 2.15. The van der Waals surface area contributed by atoms with E-state index in [9.17, 15) is 14.9 Å². The molecule has 0 radical (unpaired) electrons. The van der Waals surface area contributed by atoms with Crippen LogP contribution in [0.2, 0.25) is 0 Å². The maximum Gasteiger partial charge on any atom is 0.292 e. The van der Waals surface area contributed by atoms with Gasteiger partial charge in [0.1, 0.15) is 5.69 Å². The second-order valence-corrected chi connectivity index (χ2v) is 7.06. The van der Waals surface area contributed by atoms with Gasteiger partial charge in [-0.05, 0) is 51.9 Å². The van der Waals surface area contributed by atoms with E-state index in [-0.39, 0.29) is 16.5 Å². The predicted molar refractivity (Wildman–Crippen MR) is 112 cm³/mol. The summed E-state index contributed by atoms with van der Waals surface area (Å²) in [7, 11) is 0. The van der Waals surface area contributed by atoms with Crippen molar-refractivity contribution in [3.8, 4) is 0 Å². The first-order chi connectivity index (χ1) is 13.4. The van der Waals surface area contributed by atoms with Crippen molar-refractivity contribution >= 4 is 50.5 Å². The van der Waals surface area contributed by atoms with Gasteiger partial charge in [-0.15, -0.1) is 0 Å². The van der Waals surface area contributed by atoms with Crippen molar-refractivity contribution in [2.45, 2.75) is 6.54 Å². The quantitative estimate of drug-likeness (QED) is 0.342. The van der Waals surface area contributed by atoms with Crippen molar-refractivity contribution in [3.05, 3.63) is 86.6 Å². The SMILES string of the molecule is O=C(NC(=S)Nc1ccccc1[N+](=O)[O-])c1ccc(Cn2cc(Br)cn2)cc1. The number of halogens is 1. The Bertz CT molecular complexity index is 1040. The summed E-state index contributed by atoms with van der Waals surface area (Å²) in [5.74, 6) is -0.413. The largest absolute Gasteiger partial charge is 0.327 e. The van der Waals surface area contributed by atoms with Crippen molar-refractivity contribution in [1.29, 1.82) is 0 Å². The second kappa shape index (κ2) is 8.72. The first kappa shape index (κ1) is 19.6. The zero-order chi connectivity index (χ0) is 20.1. The first-order valence-corrected chi connectivity index (χ1v) is 9.25. The molecule has 0 aliphatic rings. The summed E-state index contributed by atoms with van der Waals surface area (Å²) < 4.78 is 2.66. The molecule has 0 atom stereocenters. The summed E-state index contributed by atoms with van der Waals surface area (Å²) in [4.78, 5) is 22.9. The van der Waals surface area contributed by atoms with E-state index in [1.165, 1.54) is 12.1 Å². The Labute approximate surface area is 173 Å². The summed E-state index contributed by atoms with van der Waals surface area (Å²) in [6.07, 6.45) is 3.56. The molecule has 0 bridgehead atoms. The van der Waals surface area contributed by atoms with Gasteiger partial charge in [0.15, 0.2) is 5.11 Å². The van der Waals surface area contributed by atoms with E-state index >= 15 is 0 Å². The number of nitrogens with one attached hydrogen (secondary N) is 2. The molecule has 0 saturated heterocycles. The number of nitro benzene ring substituents is 1. The molecular weight excluding hydrogens is 446 g/mol.